The Bertz CT molecular complexity index is 458. The molecular weight excluding hydrogens is 218 g/mol. The summed E-state index contributed by atoms with van der Waals surface area (Å²) in [6.07, 6.45) is 2.06. The van der Waals surface area contributed by atoms with Gasteiger partial charge in [-0.05, 0) is 26.0 Å². The average Bonchev–Trinajstić information content (AvgIpc) is 2.84. The first-order valence-electron chi connectivity index (χ1n) is 5.42. The minimum atomic E-state index is 0.314. The second kappa shape index (κ2) is 4.80. The topological polar surface area (TPSA) is 29.9 Å². The fourth-order valence-electron chi connectivity index (χ4n) is 1.60. The molecule has 2 aromatic heterocycles. The van der Waals surface area contributed by atoms with Crippen LogP contribution in [0.15, 0.2) is 23.7 Å². The molecule has 0 spiro atoms. The van der Waals surface area contributed by atoms with Crippen LogP contribution in [0.3, 0.4) is 0 Å². The van der Waals surface area contributed by atoms with Gasteiger partial charge in [-0.25, -0.2) is 4.98 Å². The van der Waals surface area contributed by atoms with E-state index in [1.165, 1.54) is 5.69 Å². The maximum atomic E-state index is 4.48. The summed E-state index contributed by atoms with van der Waals surface area (Å²) in [5.41, 5.74) is 2.40. The normalized spacial score (nSPS) is 12.9. The zero-order valence-electron chi connectivity index (χ0n) is 9.90. The predicted molar refractivity (Wildman–Crippen MR) is 67.5 cm³/mol. The zero-order chi connectivity index (χ0) is 11.5. The summed E-state index contributed by atoms with van der Waals surface area (Å²) in [6, 6.07) is 4.51. The van der Waals surface area contributed by atoms with Gasteiger partial charge < -0.3 is 9.88 Å². The number of nitrogens with zero attached hydrogens (tertiary/aromatic N) is 2. The van der Waals surface area contributed by atoms with Crippen LogP contribution >= 0.6 is 11.3 Å². The summed E-state index contributed by atoms with van der Waals surface area (Å²) in [5.74, 6) is 0. The highest BCUT2D eigenvalue weighted by molar-refractivity contribution is 7.09. The van der Waals surface area contributed by atoms with Crippen molar-refractivity contribution in [3.8, 4) is 0 Å². The molecule has 0 saturated heterocycles. The molecule has 0 amide bonds. The lowest BCUT2D eigenvalue weighted by molar-refractivity contribution is 0.555. The molecule has 16 heavy (non-hydrogen) atoms. The summed E-state index contributed by atoms with van der Waals surface area (Å²) in [4.78, 5) is 4.48. The molecule has 2 aromatic rings. The Morgan fingerprint density at radius 3 is 2.94 bits per heavy atom. The number of rotatable bonds is 4. The highest BCUT2D eigenvalue weighted by Gasteiger charge is 2.09. The minimum Gasteiger partial charge on any atom is -0.353 e. The molecule has 0 saturated carbocycles. The van der Waals surface area contributed by atoms with Gasteiger partial charge in [0.05, 0.1) is 6.04 Å². The fraction of sp³-hybridized carbons (Fsp3) is 0.417. The molecule has 0 radical (unpaired) electrons. The Morgan fingerprint density at radius 1 is 1.56 bits per heavy atom. The first-order chi connectivity index (χ1) is 7.66. The number of aryl methyl sites for hydroxylation is 2. The fourth-order valence-corrected chi connectivity index (χ4v) is 2.42. The lowest BCUT2D eigenvalue weighted by Crippen LogP contribution is -2.19. The number of aromatic nitrogens is 2. The first-order valence-corrected chi connectivity index (χ1v) is 6.30. The van der Waals surface area contributed by atoms with E-state index in [4.69, 9.17) is 0 Å². The van der Waals surface area contributed by atoms with Gasteiger partial charge in [0.1, 0.15) is 5.01 Å². The number of hydrogen-bond donors (Lipinski definition) is 1. The third kappa shape index (κ3) is 2.51. The van der Waals surface area contributed by atoms with Crippen LogP contribution in [-0.4, -0.2) is 9.55 Å². The van der Waals surface area contributed by atoms with Crippen LogP contribution in [0, 0.1) is 6.92 Å². The predicted octanol–water partition coefficient (Wildman–Crippen LogP) is 2.64. The average molecular weight is 235 g/mol. The summed E-state index contributed by atoms with van der Waals surface area (Å²) >= 11 is 1.72. The van der Waals surface area contributed by atoms with Gasteiger partial charge in [0.15, 0.2) is 0 Å². The monoisotopic (exact) mass is 235 g/mol. The van der Waals surface area contributed by atoms with Crippen LogP contribution in [0.25, 0.3) is 0 Å². The quantitative estimate of drug-likeness (QED) is 0.883. The highest BCUT2D eigenvalue weighted by atomic mass is 32.1. The van der Waals surface area contributed by atoms with Crippen LogP contribution in [0.2, 0.25) is 0 Å². The van der Waals surface area contributed by atoms with Crippen molar-refractivity contribution in [1.82, 2.24) is 14.9 Å². The van der Waals surface area contributed by atoms with Crippen molar-refractivity contribution in [3.05, 3.63) is 40.1 Å². The molecule has 2 rings (SSSR count). The second-order valence-electron chi connectivity index (χ2n) is 4.04. The molecule has 0 aliphatic rings. The molecule has 4 heteroatoms. The van der Waals surface area contributed by atoms with Gasteiger partial charge in [0.25, 0.3) is 0 Å². The Morgan fingerprint density at radius 2 is 2.38 bits per heavy atom. The molecule has 0 aliphatic carbocycles. The summed E-state index contributed by atoms with van der Waals surface area (Å²) in [5, 5.41) is 6.73. The third-order valence-corrected chi connectivity index (χ3v) is 3.79. The molecule has 1 unspecified atom stereocenters. The Kier molecular flexibility index (Phi) is 3.41. The molecule has 0 aromatic carbocycles. The van der Waals surface area contributed by atoms with E-state index in [1.54, 1.807) is 11.3 Å². The van der Waals surface area contributed by atoms with Crippen molar-refractivity contribution in [2.45, 2.75) is 26.4 Å². The molecule has 1 N–H and O–H groups in total. The molecule has 3 nitrogen and oxygen atoms in total. The van der Waals surface area contributed by atoms with E-state index in [0.717, 1.165) is 17.2 Å². The van der Waals surface area contributed by atoms with E-state index in [2.05, 4.69) is 52.5 Å². The standard InChI is InChI=1S/C12H17N3S/c1-9-8-16-12(14-9)10(2)13-7-11-5-4-6-15(11)3/h4-6,8,10,13H,7H2,1-3H3. The van der Waals surface area contributed by atoms with Crippen molar-refractivity contribution >= 4 is 11.3 Å². The van der Waals surface area contributed by atoms with Crippen LogP contribution in [0.5, 0.6) is 0 Å². The van der Waals surface area contributed by atoms with Gasteiger partial charge in [-0.1, -0.05) is 0 Å². The molecule has 0 fully saturated rings. The molecule has 0 aliphatic heterocycles. The molecule has 2 heterocycles. The number of thiazole rings is 1. The van der Waals surface area contributed by atoms with E-state index < -0.39 is 0 Å². The number of nitrogens with one attached hydrogen (secondary N) is 1. The highest BCUT2D eigenvalue weighted by Crippen LogP contribution is 2.17. The Hall–Kier alpha value is -1.13. The summed E-state index contributed by atoms with van der Waals surface area (Å²) in [7, 11) is 2.06. The van der Waals surface area contributed by atoms with Crippen LogP contribution in [0.4, 0.5) is 0 Å². The van der Waals surface area contributed by atoms with Crippen LogP contribution in [0.1, 0.15) is 29.4 Å². The molecule has 1 atom stereocenters. The van der Waals surface area contributed by atoms with E-state index in [9.17, 15) is 0 Å². The molecule has 0 bridgehead atoms. The Labute approximate surface area is 100 Å². The smallest absolute Gasteiger partial charge is 0.110 e. The third-order valence-electron chi connectivity index (χ3n) is 2.65. The maximum absolute atomic E-state index is 4.48. The van der Waals surface area contributed by atoms with E-state index >= 15 is 0 Å². The second-order valence-corrected chi connectivity index (χ2v) is 4.93. The van der Waals surface area contributed by atoms with Crippen molar-refractivity contribution < 1.29 is 0 Å². The van der Waals surface area contributed by atoms with E-state index in [0.29, 0.717) is 6.04 Å². The van der Waals surface area contributed by atoms with Crippen molar-refractivity contribution in [1.29, 1.82) is 0 Å². The SMILES string of the molecule is Cc1csc(C(C)NCc2cccn2C)n1. The van der Waals surface area contributed by atoms with E-state index in [1.807, 2.05) is 6.92 Å². The summed E-state index contributed by atoms with van der Waals surface area (Å²) in [6.45, 7) is 5.06. The molecular formula is C12H17N3S. The minimum absolute atomic E-state index is 0.314. The lowest BCUT2D eigenvalue weighted by Gasteiger charge is -2.11. The van der Waals surface area contributed by atoms with Gasteiger partial charge >= 0.3 is 0 Å². The van der Waals surface area contributed by atoms with Gasteiger partial charge in [-0.2, -0.15) is 0 Å². The van der Waals surface area contributed by atoms with Gasteiger partial charge in [-0.15, -0.1) is 11.3 Å². The lowest BCUT2D eigenvalue weighted by atomic mass is 10.3. The van der Waals surface area contributed by atoms with Gasteiger partial charge in [0, 0.05) is 36.6 Å². The summed E-state index contributed by atoms with van der Waals surface area (Å²) < 4.78 is 2.13. The van der Waals surface area contributed by atoms with Crippen LogP contribution < -0.4 is 5.32 Å². The van der Waals surface area contributed by atoms with E-state index in [-0.39, 0.29) is 0 Å². The largest absolute Gasteiger partial charge is 0.353 e. The van der Waals surface area contributed by atoms with Crippen LogP contribution in [-0.2, 0) is 13.6 Å². The van der Waals surface area contributed by atoms with Gasteiger partial charge in [0.2, 0.25) is 0 Å². The first kappa shape index (κ1) is 11.4. The van der Waals surface area contributed by atoms with Crippen molar-refractivity contribution in [2.24, 2.45) is 7.05 Å². The maximum Gasteiger partial charge on any atom is 0.110 e. The van der Waals surface area contributed by atoms with Crippen molar-refractivity contribution in [2.75, 3.05) is 0 Å². The van der Waals surface area contributed by atoms with Gasteiger partial charge in [-0.3, -0.25) is 0 Å². The van der Waals surface area contributed by atoms with Crippen molar-refractivity contribution in [3.63, 3.8) is 0 Å². The Balaban J connectivity index is 1.93. The number of hydrogen-bond acceptors (Lipinski definition) is 3. The zero-order valence-corrected chi connectivity index (χ0v) is 10.7. The molecule has 86 valence electrons.